The number of hydrogen-bond donors (Lipinski definition) is 1. The summed E-state index contributed by atoms with van der Waals surface area (Å²) in [5, 5.41) is 3.00. The molecular formula is C21H24N2O2. The molecular weight excluding hydrogens is 312 g/mol. The van der Waals surface area contributed by atoms with Crippen molar-refractivity contribution in [1.82, 2.24) is 5.32 Å². The van der Waals surface area contributed by atoms with Gasteiger partial charge in [0.05, 0.1) is 6.04 Å². The Balaban J connectivity index is 1.72. The van der Waals surface area contributed by atoms with E-state index in [0.717, 1.165) is 22.4 Å². The van der Waals surface area contributed by atoms with E-state index in [1.54, 1.807) is 4.90 Å². The first-order chi connectivity index (χ1) is 11.8. The number of amides is 2. The summed E-state index contributed by atoms with van der Waals surface area (Å²) in [6, 6.07) is 11.6. The lowest BCUT2D eigenvalue weighted by Gasteiger charge is -2.18. The fraction of sp³-hybridized carbons (Fsp3) is 0.333. The Kier molecular flexibility index (Phi) is 4.62. The van der Waals surface area contributed by atoms with Gasteiger partial charge in [0.25, 0.3) is 5.91 Å². The Bertz CT molecular complexity index is 822. The van der Waals surface area contributed by atoms with E-state index >= 15 is 0 Å². The van der Waals surface area contributed by atoms with Crippen molar-refractivity contribution in [2.45, 2.75) is 40.2 Å². The van der Waals surface area contributed by atoms with Crippen LogP contribution < -0.4 is 10.2 Å². The number of nitrogens with one attached hydrogen (secondary N) is 1. The second kappa shape index (κ2) is 6.71. The molecule has 1 aliphatic heterocycles. The van der Waals surface area contributed by atoms with Gasteiger partial charge in [-0.1, -0.05) is 23.3 Å². The zero-order valence-electron chi connectivity index (χ0n) is 15.2. The van der Waals surface area contributed by atoms with Gasteiger partial charge in [0.15, 0.2) is 0 Å². The minimum atomic E-state index is -0.164. The van der Waals surface area contributed by atoms with Crippen molar-refractivity contribution in [2.24, 2.45) is 0 Å². The van der Waals surface area contributed by atoms with Crippen LogP contribution in [0.2, 0.25) is 0 Å². The Morgan fingerprint density at radius 2 is 1.68 bits per heavy atom. The van der Waals surface area contributed by atoms with Crippen molar-refractivity contribution in [3.05, 3.63) is 64.2 Å². The average Bonchev–Trinajstić information content (AvgIpc) is 2.89. The molecule has 1 atom stereocenters. The zero-order valence-corrected chi connectivity index (χ0v) is 15.2. The van der Waals surface area contributed by atoms with Crippen molar-refractivity contribution in [2.75, 3.05) is 11.4 Å². The monoisotopic (exact) mass is 336 g/mol. The molecule has 2 aromatic rings. The van der Waals surface area contributed by atoms with Crippen LogP contribution in [0.1, 0.15) is 39.0 Å². The molecule has 1 fully saturated rings. The van der Waals surface area contributed by atoms with Crippen molar-refractivity contribution in [3.8, 4) is 0 Å². The highest BCUT2D eigenvalue weighted by atomic mass is 16.2. The van der Waals surface area contributed by atoms with E-state index < -0.39 is 0 Å². The van der Waals surface area contributed by atoms with Gasteiger partial charge in [0.1, 0.15) is 0 Å². The Hall–Kier alpha value is -2.62. The van der Waals surface area contributed by atoms with E-state index in [4.69, 9.17) is 0 Å². The highest BCUT2D eigenvalue weighted by Crippen LogP contribution is 2.24. The summed E-state index contributed by atoms with van der Waals surface area (Å²) in [4.78, 5) is 26.7. The maximum Gasteiger partial charge on any atom is 0.251 e. The van der Waals surface area contributed by atoms with Crippen LogP contribution in [0.5, 0.6) is 0 Å². The predicted molar refractivity (Wildman–Crippen MR) is 100 cm³/mol. The first kappa shape index (κ1) is 17.2. The van der Waals surface area contributed by atoms with E-state index in [1.165, 1.54) is 5.56 Å². The minimum Gasteiger partial charge on any atom is -0.347 e. The third kappa shape index (κ3) is 3.73. The number of carbonyl (C=O) groups excluding carboxylic acids is 2. The summed E-state index contributed by atoms with van der Waals surface area (Å²) in [7, 11) is 0. The fourth-order valence-electron chi connectivity index (χ4n) is 3.32. The average molecular weight is 336 g/mol. The summed E-state index contributed by atoms with van der Waals surface area (Å²) in [6.45, 7) is 8.56. The van der Waals surface area contributed by atoms with Crippen LogP contribution in [0, 0.1) is 27.7 Å². The molecule has 4 nitrogen and oxygen atoms in total. The summed E-state index contributed by atoms with van der Waals surface area (Å²) < 4.78 is 0. The largest absolute Gasteiger partial charge is 0.347 e. The number of rotatable bonds is 3. The summed E-state index contributed by atoms with van der Waals surface area (Å²) in [5.41, 5.74) is 6.03. The fourth-order valence-corrected chi connectivity index (χ4v) is 3.32. The molecule has 1 heterocycles. The van der Waals surface area contributed by atoms with Crippen LogP contribution in [0.3, 0.4) is 0 Å². The third-order valence-corrected chi connectivity index (χ3v) is 4.75. The van der Waals surface area contributed by atoms with Crippen LogP contribution >= 0.6 is 0 Å². The van der Waals surface area contributed by atoms with Gasteiger partial charge in [-0.25, -0.2) is 0 Å². The second-order valence-corrected chi connectivity index (χ2v) is 7.02. The van der Waals surface area contributed by atoms with Gasteiger partial charge >= 0.3 is 0 Å². The molecule has 0 spiro atoms. The lowest BCUT2D eigenvalue weighted by atomic mass is 10.1. The Labute approximate surface area is 148 Å². The number of nitrogens with zero attached hydrogens (tertiary/aromatic N) is 1. The van der Waals surface area contributed by atoms with Gasteiger partial charge in [-0.15, -0.1) is 0 Å². The first-order valence-corrected chi connectivity index (χ1v) is 8.60. The van der Waals surface area contributed by atoms with Gasteiger partial charge in [0.2, 0.25) is 5.91 Å². The van der Waals surface area contributed by atoms with Crippen molar-refractivity contribution in [1.29, 1.82) is 0 Å². The lowest BCUT2D eigenvalue weighted by molar-refractivity contribution is -0.117. The van der Waals surface area contributed by atoms with E-state index in [2.05, 4.69) is 12.2 Å². The third-order valence-electron chi connectivity index (χ3n) is 4.75. The van der Waals surface area contributed by atoms with Gasteiger partial charge in [-0.05, 0) is 63.1 Å². The van der Waals surface area contributed by atoms with E-state index in [-0.39, 0.29) is 17.9 Å². The van der Waals surface area contributed by atoms with Gasteiger partial charge in [0, 0.05) is 24.2 Å². The molecule has 25 heavy (non-hydrogen) atoms. The van der Waals surface area contributed by atoms with Gasteiger partial charge in [-0.2, -0.15) is 0 Å². The maximum absolute atomic E-state index is 12.5. The lowest BCUT2D eigenvalue weighted by Crippen LogP contribution is -2.37. The van der Waals surface area contributed by atoms with E-state index in [0.29, 0.717) is 18.5 Å². The van der Waals surface area contributed by atoms with E-state index in [1.807, 2.05) is 57.2 Å². The summed E-state index contributed by atoms with van der Waals surface area (Å²) >= 11 is 0. The smallest absolute Gasteiger partial charge is 0.251 e. The number of hydrogen-bond acceptors (Lipinski definition) is 2. The van der Waals surface area contributed by atoms with Crippen molar-refractivity contribution >= 4 is 17.5 Å². The van der Waals surface area contributed by atoms with Crippen LogP contribution in [-0.4, -0.2) is 24.4 Å². The molecule has 3 rings (SSSR count). The second-order valence-electron chi connectivity index (χ2n) is 7.02. The highest BCUT2D eigenvalue weighted by Gasteiger charge is 2.31. The minimum absolute atomic E-state index is 0.0500. The highest BCUT2D eigenvalue weighted by molar-refractivity contribution is 5.99. The Morgan fingerprint density at radius 3 is 2.32 bits per heavy atom. The van der Waals surface area contributed by atoms with Crippen LogP contribution in [0.25, 0.3) is 0 Å². The molecule has 0 unspecified atom stereocenters. The summed E-state index contributed by atoms with van der Waals surface area (Å²) in [6.07, 6.45) is 0.337. The molecule has 2 aromatic carbocycles. The van der Waals surface area contributed by atoms with Crippen LogP contribution in [0.4, 0.5) is 5.69 Å². The molecule has 130 valence electrons. The molecule has 1 aliphatic rings. The standard InChI is InChI=1S/C21H24N2O2/c1-13-7-14(2)9-17(8-13)21(25)22-18-11-20(24)23(12-18)19-6-5-15(3)16(4)10-19/h5-10,18H,11-12H2,1-4H3,(H,22,25)/t18-/m0/s1. The molecule has 0 saturated carbocycles. The molecule has 0 bridgehead atoms. The zero-order chi connectivity index (χ0) is 18.1. The molecule has 0 aromatic heterocycles. The number of benzene rings is 2. The van der Waals surface area contributed by atoms with Gasteiger partial charge in [-0.3, -0.25) is 9.59 Å². The molecule has 0 aliphatic carbocycles. The number of anilines is 1. The van der Waals surface area contributed by atoms with E-state index in [9.17, 15) is 9.59 Å². The maximum atomic E-state index is 12.5. The first-order valence-electron chi connectivity index (χ1n) is 8.60. The SMILES string of the molecule is Cc1cc(C)cc(C(=O)N[C@H]2CC(=O)N(c3ccc(C)c(C)c3)C2)c1. The predicted octanol–water partition coefficient (Wildman–Crippen LogP) is 3.46. The molecule has 1 N–H and O–H groups in total. The topological polar surface area (TPSA) is 49.4 Å². The quantitative estimate of drug-likeness (QED) is 0.933. The molecule has 2 amide bonds. The van der Waals surface area contributed by atoms with Crippen LogP contribution in [-0.2, 0) is 4.79 Å². The Morgan fingerprint density at radius 1 is 1.00 bits per heavy atom. The van der Waals surface area contributed by atoms with Gasteiger partial charge < -0.3 is 10.2 Å². The normalized spacial score (nSPS) is 17.0. The number of carbonyl (C=O) groups is 2. The molecule has 0 radical (unpaired) electrons. The summed E-state index contributed by atoms with van der Waals surface area (Å²) in [5.74, 6) is -0.0690. The number of aryl methyl sites for hydroxylation is 4. The molecule has 4 heteroatoms. The molecule has 1 saturated heterocycles. The van der Waals surface area contributed by atoms with Crippen molar-refractivity contribution < 1.29 is 9.59 Å². The van der Waals surface area contributed by atoms with Crippen LogP contribution in [0.15, 0.2) is 36.4 Å². The van der Waals surface area contributed by atoms with Crippen molar-refractivity contribution in [3.63, 3.8) is 0 Å².